The molecule has 2 aliphatic heterocycles. The molecule has 2 aliphatic rings. The van der Waals surface area contributed by atoms with Gasteiger partial charge in [-0.05, 0) is 25.0 Å². The van der Waals surface area contributed by atoms with Gasteiger partial charge in [-0.3, -0.25) is 9.59 Å². The molecule has 5 nitrogen and oxygen atoms in total. The summed E-state index contributed by atoms with van der Waals surface area (Å²) in [6.45, 7) is 2.61. The van der Waals surface area contributed by atoms with Crippen LogP contribution in [0.5, 0.6) is 0 Å². The van der Waals surface area contributed by atoms with Crippen LogP contribution >= 0.6 is 0 Å². The molecule has 1 aromatic carbocycles. The fourth-order valence-electron chi connectivity index (χ4n) is 2.99. The van der Waals surface area contributed by atoms with Gasteiger partial charge in [0, 0.05) is 24.7 Å². The molecule has 1 saturated heterocycles. The molecule has 3 N–H and O–H groups in total. The van der Waals surface area contributed by atoms with E-state index in [1.807, 2.05) is 24.3 Å². The number of para-hydroxylation sites is 1. The highest BCUT2D eigenvalue weighted by Gasteiger charge is 2.32. The van der Waals surface area contributed by atoms with Gasteiger partial charge in [-0.15, -0.1) is 0 Å². The van der Waals surface area contributed by atoms with E-state index >= 15 is 0 Å². The normalized spacial score (nSPS) is 28.2. The Morgan fingerprint density at radius 2 is 2.15 bits per heavy atom. The fourth-order valence-corrected chi connectivity index (χ4v) is 2.99. The van der Waals surface area contributed by atoms with Gasteiger partial charge in [0.1, 0.15) is 0 Å². The molecule has 106 valence electrons. The molecule has 0 aliphatic carbocycles. The van der Waals surface area contributed by atoms with Crippen molar-refractivity contribution >= 4 is 17.5 Å². The van der Waals surface area contributed by atoms with E-state index in [0.717, 1.165) is 17.7 Å². The Balaban J connectivity index is 1.76. The van der Waals surface area contributed by atoms with E-state index in [9.17, 15) is 9.59 Å². The molecule has 20 heavy (non-hydrogen) atoms. The van der Waals surface area contributed by atoms with Gasteiger partial charge in [-0.25, -0.2) is 0 Å². The Morgan fingerprint density at radius 1 is 1.35 bits per heavy atom. The van der Waals surface area contributed by atoms with E-state index in [4.69, 9.17) is 0 Å². The first kappa shape index (κ1) is 13.0. The molecule has 0 spiro atoms. The molecule has 3 rings (SSSR count). The van der Waals surface area contributed by atoms with Gasteiger partial charge in [0.05, 0.1) is 12.0 Å². The Hall–Kier alpha value is -2.04. The summed E-state index contributed by atoms with van der Waals surface area (Å²) in [7, 11) is 0. The molecular weight excluding hydrogens is 254 g/mol. The number of hydrogen-bond acceptors (Lipinski definition) is 3. The number of carbonyl (C=O) groups is 2. The van der Waals surface area contributed by atoms with Gasteiger partial charge in [0.25, 0.3) is 0 Å². The lowest BCUT2D eigenvalue weighted by atomic mass is 9.86. The SMILES string of the molecule is CC1CC(C(=O)NC2CNC(=O)C2)c2ccccc2N1. The summed E-state index contributed by atoms with van der Waals surface area (Å²) >= 11 is 0. The first-order chi connectivity index (χ1) is 9.63. The molecule has 5 heteroatoms. The largest absolute Gasteiger partial charge is 0.382 e. The first-order valence-corrected chi connectivity index (χ1v) is 7.06. The Labute approximate surface area is 118 Å². The minimum absolute atomic E-state index is 0.00868. The second-order valence-corrected chi connectivity index (χ2v) is 5.63. The highest BCUT2D eigenvalue weighted by atomic mass is 16.2. The monoisotopic (exact) mass is 273 g/mol. The topological polar surface area (TPSA) is 70.2 Å². The van der Waals surface area contributed by atoms with Crippen LogP contribution in [0.2, 0.25) is 0 Å². The van der Waals surface area contributed by atoms with Crippen LogP contribution in [0, 0.1) is 0 Å². The van der Waals surface area contributed by atoms with Crippen LogP contribution in [0.4, 0.5) is 5.69 Å². The molecule has 2 amide bonds. The molecule has 2 heterocycles. The minimum atomic E-state index is -0.141. The number of fused-ring (bicyclic) bond motifs is 1. The summed E-state index contributed by atoms with van der Waals surface area (Å²) in [6.07, 6.45) is 1.16. The third-order valence-corrected chi connectivity index (χ3v) is 3.97. The lowest BCUT2D eigenvalue weighted by Crippen LogP contribution is -2.41. The second-order valence-electron chi connectivity index (χ2n) is 5.63. The quantitative estimate of drug-likeness (QED) is 0.752. The molecule has 0 saturated carbocycles. The maximum Gasteiger partial charge on any atom is 0.227 e. The highest BCUT2D eigenvalue weighted by molar-refractivity contribution is 5.88. The zero-order chi connectivity index (χ0) is 14.1. The van der Waals surface area contributed by atoms with Crippen molar-refractivity contribution in [2.24, 2.45) is 0 Å². The molecule has 0 bridgehead atoms. The Morgan fingerprint density at radius 3 is 2.90 bits per heavy atom. The number of rotatable bonds is 2. The minimum Gasteiger partial charge on any atom is -0.382 e. The molecule has 0 radical (unpaired) electrons. The third kappa shape index (κ3) is 2.48. The molecule has 0 aromatic heterocycles. The van der Waals surface area contributed by atoms with E-state index in [1.54, 1.807) is 0 Å². The van der Waals surface area contributed by atoms with Crippen LogP contribution in [0.3, 0.4) is 0 Å². The van der Waals surface area contributed by atoms with Crippen LogP contribution in [0.25, 0.3) is 0 Å². The second kappa shape index (κ2) is 5.15. The lowest BCUT2D eigenvalue weighted by molar-refractivity contribution is -0.123. The van der Waals surface area contributed by atoms with Crippen molar-refractivity contribution in [3.05, 3.63) is 29.8 Å². The standard InChI is InChI=1S/C15H19N3O2/c1-9-6-12(11-4-2-3-5-13(11)17-9)15(20)18-10-7-14(19)16-8-10/h2-5,9-10,12,17H,6-8H2,1H3,(H,16,19)(H,18,20). The average Bonchev–Trinajstić information content (AvgIpc) is 2.83. The van der Waals surface area contributed by atoms with E-state index in [1.165, 1.54) is 0 Å². The van der Waals surface area contributed by atoms with E-state index in [-0.39, 0.29) is 29.8 Å². The smallest absolute Gasteiger partial charge is 0.227 e. The highest BCUT2D eigenvalue weighted by Crippen LogP contribution is 2.34. The number of hydrogen-bond donors (Lipinski definition) is 3. The van der Waals surface area contributed by atoms with Crippen molar-refractivity contribution in [2.75, 3.05) is 11.9 Å². The zero-order valence-electron chi connectivity index (χ0n) is 11.5. The van der Waals surface area contributed by atoms with Crippen LogP contribution in [-0.2, 0) is 9.59 Å². The van der Waals surface area contributed by atoms with Crippen molar-refractivity contribution in [1.29, 1.82) is 0 Å². The summed E-state index contributed by atoms with van der Waals surface area (Å²) in [5.74, 6) is -0.111. The molecule has 3 atom stereocenters. The third-order valence-electron chi connectivity index (χ3n) is 3.97. The van der Waals surface area contributed by atoms with Crippen molar-refractivity contribution in [3.8, 4) is 0 Å². The zero-order valence-corrected chi connectivity index (χ0v) is 11.5. The van der Waals surface area contributed by atoms with Gasteiger partial charge in [-0.2, -0.15) is 0 Å². The van der Waals surface area contributed by atoms with Gasteiger partial charge >= 0.3 is 0 Å². The average molecular weight is 273 g/mol. The van der Waals surface area contributed by atoms with Crippen molar-refractivity contribution in [1.82, 2.24) is 10.6 Å². The van der Waals surface area contributed by atoms with Crippen molar-refractivity contribution in [3.63, 3.8) is 0 Å². The number of benzene rings is 1. The van der Waals surface area contributed by atoms with E-state index in [2.05, 4.69) is 22.9 Å². The van der Waals surface area contributed by atoms with Crippen molar-refractivity contribution in [2.45, 2.75) is 37.8 Å². The van der Waals surface area contributed by atoms with Crippen LogP contribution < -0.4 is 16.0 Å². The van der Waals surface area contributed by atoms with Gasteiger partial charge in [-0.1, -0.05) is 18.2 Å². The van der Waals surface area contributed by atoms with Gasteiger partial charge in [0.2, 0.25) is 11.8 Å². The summed E-state index contributed by atoms with van der Waals surface area (Å²) in [4.78, 5) is 23.7. The molecule has 1 aromatic rings. The maximum atomic E-state index is 12.5. The van der Waals surface area contributed by atoms with E-state index < -0.39 is 0 Å². The summed E-state index contributed by atoms with van der Waals surface area (Å²) in [5.41, 5.74) is 2.08. The van der Waals surface area contributed by atoms with Crippen LogP contribution in [-0.4, -0.2) is 30.4 Å². The summed E-state index contributed by atoms with van der Waals surface area (Å²) in [5, 5.41) is 9.13. The number of nitrogens with one attached hydrogen (secondary N) is 3. The van der Waals surface area contributed by atoms with Crippen LogP contribution in [0.1, 0.15) is 31.2 Å². The Kier molecular flexibility index (Phi) is 3.34. The maximum absolute atomic E-state index is 12.5. The number of anilines is 1. The summed E-state index contributed by atoms with van der Waals surface area (Å²) < 4.78 is 0. The first-order valence-electron chi connectivity index (χ1n) is 7.06. The molecule has 1 fully saturated rings. The van der Waals surface area contributed by atoms with Gasteiger partial charge in [0.15, 0.2) is 0 Å². The molecule has 3 unspecified atom stereocenters. The number of carbonyl (C=O) groups excluding carboxylic acids is 2. The van der Waals surface area contributed by atoms with Crippen LogP contribution in [0.15, 0.2) is 24.3 Å². The van der Waals surface area contributed by atoms with Gasteiger partial charge < -0.3 is 16.0 Å². The number of amides is 2. The van der Waals surface area contributed by atoms with Crippen molar-refractivity contribution < 1.29 is 9.59 Å². The fraction of sp³-hybridized carbons (Fsp3) is 0.467. The predicted molar refractivity (Wildman–Crippen MR) is 76.4 cm³/mol. The summed E-state index contributed by atoms with van der Waals surface area (Å²) in [6, 6.07) is 8.12. The van der Waals surface area contributed by atoms with E-state index in [0.29, 0.717) is 13.0 Å². The molecular formula is C15H19N3O2. The lowest BCUT2D eigenvalue weighted by Gasteiger charge is -2.31. The predicted octanol–water partition coefficient (Wildman–Crippen LogP) is 0.979. The Bertz CT molecular complexity index is 544.